The summed E-state index contributed by atoms with van der Waals surface area (Å²) in [5.41, 5.74) is 21.4. The van der Waals surface area contributed by atoms with E-state index in [1.54, 1.807) is 0 Å². The molecule has 8 rings (SSSR count). The molecular weight excluding hydrogens is 725 g/mol. The van der Waals surface area contributed by atoms with Crippen molar-refractivity contribution in [2.24, 2.45) is 0 Å². The fraction of sp³-hybridized carbons (Fsp3) is 0.103. The van der Waals surface area contributed by atoms with Crippen LogP contribution in [0.2, 0.25) is 0 Å². The van der Waals surface area contributed by atoms with Gasteiger partial charge in [-0.2, -0.15) is 0 Å². The van der Waals surface area contributed by atoms with Gasteiger partial charge in [-0.15, -0.1) is 0 Å². The molecule has 8 aromatic carbocycles. The number of nitrogens with zero attached hydrogens (tertiary/aromatic N) is 2. The molecule has 2 heteroatoms. The first kappa shape index (κ1) is 39.7. The molecule has 0 amide bonds. The van der Waals surface area contributed by atoms with Crippen molar-refractivity contribution in [3.63, 3.8) is 0 Å². The van der Waals surface area contributed by atoms with Crippen molar-refractivity contribution < 1.29 is 0 Å². The fourth-order valence-electron chi connectivity index (χ4n) is 7.78. The van der Waals surface area contributed by atoms with Crippen LogP contribution in [0.15, 0.2) is 182 Å². The lowest BCUT2D eigenvalue weighted by atomic mass is 10.0. The lowest BCUT2D eigenvalue weighted by molar-refractivity contribution is 1.23. The topological polar surface area (TPSA) is 6.48 Å². The average Bonchev–Trinajstić information content (AvgIpc) is 3.26. The van der Waals surface area contributed by atoms with Crippen LogP contribution in [-0.4, -0.2) is 0 Å². The maximum Gasteiger partial charge on any atom is 0.0490 e. The highest BCUT2D eigenvalue weighted by atomic mass is 15.1. The van der Waals surface area contributed by atoms with Crippen LogP contribution in [0.3, 0.4) is 0 Å². The molecule has 0 aliphatic heterocycles. The quantitative estimate of drug-likeness (QED) is 0.121. The molecule has 0 spiro atoms. The Hall–Kier alpha value is -7.16. The first-order chi connectivity index (χ1) is 29.2. The van der Waals surface area contributed by atoms with Crippen molar-refractivity contribution in [2.75, 3.05) is 9.80 Å². The summed E-state index contributed by atoms with van der Waals surface area (Å²) >= 11 is 0. The minimum Gasteiger partial charge on any atom is -0.310 e. The maximum atomic E-state index is 2.36. The van der Waals surface area contributed by atoms with Crippen molar-refractivity contribution >= 4 is 58.4 Å². The van der Waals surface area contributed by atoms with Gasteiger partial charge >= 0.3 is 0 Å². The molecule has 0 fully saturated rings. The van der Waals surface area contributed by atoms with Crippen molar-refractivity contribution in [1.82, 2.24) is 0 Å². The molecule has 8 aromatic rings. The number of benzene rings is 8. The Bertz CT molecular complexity index is 2560. The summed E-state index contributed by atoms with van der Waals surface area (Å²) in [4.78, 5) is 4.72. The first-order valence-corrected chi connectivity index (χ1v) is 20.8. The molecule has 0 atom stereocenters. The van der Waals surface area contributed by atoms with Gasteiger partial charge in [-0.25, -0.2) is 0 Å². The van der Waals surface area contributed by atoms with Crippen molar-refractivity contribution in [2.45, 2.75) is 41.5 Å². The monoisotopic (exact) mass is 776 g/mol. The highest BCUT2D eigenvalue weighted by molar-refractivity contribution is 5.83. The smallest absolute Gasteiger partial charge is 0.0490 e. The summed E-state index contributed by atoms with van der Waals surface area (Å²) in [6, 6.07) is 66.2. The number of rotatable bonds is 11. The lowest BCUT2D eigenvalue weighted by Gasteiger charge is -2.28. The summed E-state index contributed by atoms with van der Waals surface area (Å²) in [7, 11) is 0. The van der Waals surface area contributed by atoms with Crippen LogP contribution in [0.1, 0.15) is 55.6 Å². The Labute approximate surface area is 357 Å². The molecule has 294 valence electrons. The Kier molecular flexibility index (Phi) is 11.7. The molecule has 0 unspecified atom stereocenters. The molecular formula is C58H52N2. The Morgan fingerprint density at radius 1 is 0.267 bits per heavy atom. The Balaban J connectivity index is 1.06. The van der Waals surface area contributed by atoms with Gasteiger partial charge in [-0.3, -0.25) is 0 Å². The van der Waals surface area contributed by atoms with Gasteiger partial charge in [0.15, 0.2) is 0 Å². The third kappa shape index (κ3) is 9.25. The maximum absolute atomic E-state index is 2.36. The van der Waals surface area contributed by atoms with Gasteiger partial charge in [-0.05, 0) is 147 Å². The molecule has 0 heterocycles. The highest BCUT2D eigenvalue weighted by Gasteiger charge is 2.17. The van der Waals surface area contributed by atoms with E-state index in [1.807, 2.05) is 0 Å². The molecule has 0 N–H and O–H groups in total. The van der Waals surface area contributed by atoms with Crippen LogP contribution in [0.4, 0.5) is 34.1 Å². The number of aryl methyl sites for hydroxylation is 6. The van der Waals surface area contributed by atoms with Gasteiger partial charge in [0.05, 0.1) is 0 Å². The van der Waals surface area contributed by atoms with Crippen molar-refractivity contribution in [1.29, 1.82) is 0 Å². The SMILES string of the molecule is Cc1ccc(/C=C/c2ccc(N(c3ccc(-c4ccc(N(c5ccc(/C=C/c6ccc(C)cc6)cc5)c5ccc(C)cc5C)cc4)cc3)c3ccc(C)cc3C)cc2)cc1. The van der Waals surface area contributed by atoms with Gasteiger partial charge < -0.3 is 9.80 Å². The second-order valence-corrected chi connectivity index (χ2v) is 16.0. The van der Waals surface area contributed by atoms with Gasteiger partial charge in [-0.1, -0.05) is 168 Å². The van der Waals surface area contributed by atoms with Gasteiger partial charge in [0.1, 0.15) is 0 Å². The van der Waals surface area contributed by atoms with E-state index in [4.69, 9.17) is 0 Å². The van der Waals surface area contributed by atoms with Crippen LogP contribution in [0, 0.1) is 41.5 Å². The zero-order valence-corrected chi connectivity index (χ0v) is 35.5. The standard InChI is InChI=1S/C58H52N2/c1-41-7-13-47(14-8-41)17-19-49-21-29-53(30-22-49)59(57-37-11-43(3)39-45(57)5)55-33-25-51(26-34-55)52-27-35-56(36-28-52)60(58-38-12-44(4)40-46(58)6)54-31-23-50(24-32-54)20-18-48-15-9-42(2)10-16-48/h7-40H,1-6H3/b19-17+,20-18+. The number of anilines is 6. The second-order valence-electron chi connectivity index (χ2n) is 16.0. The Morgan fingerprint density at radius 3 is 0.800 bits per heavy atom. The summed E-state index contributed by atoms with van der Waals surface area (Å²) in [6.07, 6.45) is 8.71. The number of hydrogen-bond acceptors (Lipinski definition) is 2. The fourth-order valence-corrected chi connectivity index (χ4v) is 7.78. The van der Waals surface area contributed by atoms with Gasteiger partial charge in [0.25, 0.3) is 0 Å². The normalized spacial score (nSPS) is 11.4. The van der Waals surface area contributed by atoms with E-state index in [0.717, 1.165) is 33.9 Å². The van der Waals surface area contributed by atoms with E-state index in [1.165, 1.54) is 67.0 Å². The molecule has 2 nitrogen and oxygen atoms in total. The summed E-state index contributed by atoms with van der Waals surface area (Å²) in [5, 5.41) is 0. The van der Waals surface area contributed by atoms with Crippen LogP contribution in [0.5, 0.6) is 0 Å². The van der Waals surface area contributed by atoms with E-state index in [2.05, 4.69) is 258 Å². The Morgan fingerprint density at radius 2 is 0.517 bits per heavy atom. The summed E-state index contributed by atoms with van der Waals surface area (Å²) < 4.78 is 0. The molecule has 0 aliphatic carbocycles. The van der Waals surface area contributed by atoms with E-state index in [0.29, 0.717) is 0 Å². The molecule has 0 aliphatic rings. The van der Waals surface area contributed by atoms with E-state index in [-0.39, 0.29) is 0 Å². The first-order valence-electron chi connectivity index (χ1n) is 20.8. The van der Waals surface area contributed by atoms with Crippen molar-refractivity contribution in [3.8, 4) is 11.1 Å². The zero-order chi connectivity index (χ0) is 41.6. The molecule has 0 bridgehead atoms. The second kappa shape index (κ2) is 17.8. The van der Waals surface area contributed by atoms with E-state index >= 15 is 0 Å². The van der Waals surface area contributed by atoms with Crippen molar-refractivity contribution in [3.05, 3.63) is 238 Å². The predicted molar refractivity (Wildman–Crippen MR) is 260 cm³/mol. The van der Waals surface area contributed by atoms with Crippen LogP contribution in [0.25, 0.3) is 35.4 Å². The third-order valence-corrected chi connectivity index (χ3v) is 11.2. The van der Waals surface area contributed by atoms with E-state index < -0.39 is 0 Å². The minimum atomic E-state index is 1.11. The molecule has 0 saturated carbocycles. The van der Waals surface area contributed by atoms with E-state index in [9.17, 15) is 0 Å². The van der Waals surface area contributed by atoms with Gasteiger partial charge in [0.2, 0.25) is 0 Å². The summed E-state index contributed by atoms with van der Waals surface area (Å²) in [6.45, 7) is 12.9. The molecule has 0 saturated heterocycles. The van der Waals surface area contributed by atoms with Crippen LogP contribution in [-0.2, 0) is 0 Å². The van der Waals surface area contributed by atoms with Crippen LogP contribution < -0.4 is 9.80 Å². The highest BCUT2D eigenvalue weighted by Crippen LogP contribution is 2.40. The minimum absolute atomic E-state index is 1.11. The summed E-state index contributed by atoms with van der Waals surface area (Å²) in [5.74, 6) is 0. The number of hydrogen-bond donors (Lipinski definition) is 0. The molecule has 0 radical (unpaired) electrons. The zero-order valence-electron chi connectivity index (χ0n) is 35.5. The molecule has 60 heavy (non-hydrogen) atoms. The largest absolute Gasteiger partial charge is 0.310 e. The third-order valence-electron chi connectivity index (χ3n) is 11.2. The predicted octanol–water partition coefficient (Wildman–Crippen LogP) is 16.5. The lowest BCUT2D eigenvalue weighted by Crippen LogP contribution is -2.11. The molecule has 0 aromatic heterocycles. The van der Waals surface area contributed by atoms with Crippen LogP contribution >= 0.6 is 0 Å². The van der Waals surface area contributed by atoms with Gasteiger partial charge in [0, 0.05) is 34.1 Å². The average molecular weight is 777 g/mol.